The second-order valence-corrected chi connectivity index (χ2v) is 6.00. The van der Waals surface area contributed by atoms with Gasteiger partial charge in [-0.05, 0) is 62.3 Å². The number of rotatable bonds is 7. The van der Waals surface area contributed by atoms with E-state index in [-0.39, 0.29) is 0 Å². The van der Waals surface area contributed by atoms with Gasteiger partial charge in [-0.15, -0.1) is 0 Å². The molecular weight excluding hydrogens is 232 g/mol. The number of benzene rings is 1. The van der Waals surface area contributed by atoms with Crippen LogP contribution in [0.15, 0.2) is 18.2 Å². The number of nitrogens with zero attached hydrogens (tertiary/aromatic N) is 1. The van der Waals surface area contributed by atoms with Crippen LogP contribution in [0.4, 0.5) is 0 Å². The predicted octanol–water partition coefficient (Wildman–Crippen LogP) is 3.43. The van der Waals surface area contributed by atoms with Gasteiger partial charge in [0.05, 0.1) is 0 Å². The van der Waals surface area contributed by atoms with Gasteiger partial charge in [-0.1, -0.05) is 25.1 Å². The molecule has 0 radical (unpaired) electrons. The third kappa shape index (κ3) is 3.58. The van der Waals surface area contributed by atoms with Crippen molar-refractivity contribution in [3.8, 4) is 0 Å². The standard InChI is InChI=1S/C17H28N2/c1-4-10-19(12-15-8-9-15)16(11-18)17-13(2)6-5-7-14(17)3/h5-7,15-16H,4,8-12,18H2,1-3H3. The first-order valence-electron chi connectivity index (χ1n) is 7.67. The Labute approximate surface area is 118 Å². The van der Waals surface area contributed by atoms with Crippen molar-refractivity contribution in [2.75, 3.05) is 19.6 Å². The molecule has 2 heteroatoms. The normalized spacial score (nSPS) is 16.9. The van der Waals surface area contributed by atoms with Crippen molar-refractivity contribution in [2.24, 2.45) is 11.7 Å². The van der Waals surface area contributed by atoms with Crippen molar-refractivity contribution >= 4 is 0 Å². The van der Waals surface area contributed by atoms with Crippen LogP contribution in [0.5, 0.6) is 0 Å². The Morgan fingerprint density at radius 1 is 1.26 bits per heavy atom. The summed E-state index contributed by atoms with van der Waals surface area (Å²) in [7, 11) is 0. The predicted molar refractivity (Wildman–Crippen MR) is 82.3 cm³/mol. The average molecular weight is 260 g/mol. The van der Waals surface area contributed by atoms with Crippen LogP contribution in [0.1, 0.15) is 48.9 Å². The van der Waals surface area contributed by atoms with Gasteiger partial charge < -0.3 is 5.73 Å². The molecule has 2 N–H and O–H groups in total. The minimum Gasteiger partial charge on any atom is -0.329 e. The Bertz CT molecular complexity index is 389. The second kappa shape index (κ2) is 6.53. The van der Waals surface area contributed by atoms with E-state index in [0.29, 0.717) is 6.04 Å². The highest BCUT2D eigenvalue weighted by Gasteiger charge is 2.28. The van der Waals surface area contributed by atoms with E-state index in [0.717, 1.165) is 19.0 Å². The van der Waals surface area contributed by atoms with Crippen molar-refractivity contribution in [3.05, 3.63) is 34.9 Å². The zero-order valence-electron chi connectivity index (χ0n) is 12.7. The molecule has 0 aromatic heterocycles. The van der Waals surface area contributed by atoms with Gasteiger partial charge in [0.25, 0.3) is 0 Å². The summed E-state index contributed by atoms with van der Waals surface area (Å²) < 4.78 is 0. The molecule has 1 aliphatic rings. The molecule has 2 nitrogen and oxygen atoms in total. The topological polar surface area (TPSA) is 29.3 Å². The Morgan fingerprint density at radius 2 is 1.89 bits per heavy atom. The summed E-state index contributed by atoms with van der Waals surface area (Å²) in [5.74, 6) is 0.921. The highest BCUT2D eigenvalue weighted by atomic mass is 15.2. The molecule has 2 rings (SSSR count). The zero-order valence-corrected chi connectivity index (χ0v) is 12.7. The van der Waals surface area contributed by atoms with E-state index >= 15 is 0 Å². The van der Waals surface area contributed by atoms with E-state index in [9.17, 15) is 0 Å². The maximum Gasteiger partial charge on any atom is 0.0475 e. The quantitative estimate of drug-likeness (QED) is 0.814. The highest BCUT2D eigenvalue weighted by Crippen LogP contribution is 2.34. The molecule has 0 spiro atoms. The largest absolute Gasteiger partial charge is 0.329 e. The van der Waals surface area contributed by atoms with E-state index in [1.54, 1.807) is 0 Å². The maximum absolute atomic E-state index is 6.13. The summed E-state index contributed by atoms with van der Waals surface area (Å²) in [5, 5.41) is 0. The van der Waals surface area contributed by atoms with Gasteiger partial charge in [-0.2, -0.15) is 0 Å². The molecule has 1 aromatic carbocycles. The van der Waals surface area contributed by atoms with Gasteiger partial charge >= 0.3 is 0 Å². The van der Waals surface area contributed by atoms with Gasteiger partial charge in [0.15, 0.2) is 0 Å². The maximum atomic E-state index is 6.13. The van der Waals surface area contributed by atoms with Crippen LogP contribution in [0.3, 0.4) is 0 Å². The van der Waals surface area contributed by atoms with E-state index in [4.69, 9.17) is 5.73 Å². The lowest BCUT2D eigenvalue weighted by molar-refractivity contribution is 0.192. The molecule has 19 heavy (non-hydrogen) atoms. The van der Waals surface area contributed by atoms with Crippen LogP contribution in [0, 0.1) is 19.8 Å². The molecule has 0 heterocycles. The minimum atomic E-state index is 0.391. The molecule has 1 atom stereocenters. The van der Waals surface area contributed by atoms with Crippen LogP contribution in [0.2, 0.25) is 0 Å². The molecule has 1 fully saturated rings. The molecule has 0 aliphatic heterocycles. The first-order chi connectivity index (χ1) is 9.17. The summed E-state index contributed by atoms with van der Waals surface area (Å²) in [4.78, 5) is 2.62. The van der Waals surface area contributed by atoms with Crippen molar-refractivity contribution in [1.29, 1.82) is 0 Å². The Balaban J connectivity index is 2.24. The monoisotopic (exact) mass is 260 g/mol. The van der Waals surface area contributed by atoms with Crippen LogP contribution >= 0.6 is 0 Å². The fourth-order valence-electron chi connectivity index (χ4n) is 3.10. The molecule has 0 amide bonds. The van der Waals surface area contributed by atoms with Crippen LogP contribution in [-0.2, 0) is 0 Å². The third-order valence-electron chi connectivity index (χ3n) is 4.24. The molecule has 1 unspecified atom stereocenters. The first kappa shape index (κ1) is 14.5. The van der Waals surface area contributed by atoms with Crippen molar-refractivity contribution in [3.63, 3.8) is 0 Å². The van der Waals surface area contributed by atoms with Crippen molar-refractivity contribution in [1.82, 2.24) is 4.90 Å². The van der Waals surface area contributed by atoms with Gasteiger partial charge in [0, 0.05) is 19.1 Å². The van der Waals surface area contributed by atoms with Gasteiger partial charge in [-0.3, -0.25) is 4.90 Å². The van der Waals surface area contributed by atoms with E-state index in [1.807, 2.05) is 0 Å². The number of aryl methyl sites for hydroxylation is 2. The summed E-state index contributed by atoms with van der Waals surface area (Å²) >= 11 is 0. The van der Waals surface area contributed by atoms with Crippen molar-refractivity contribution in [2.45, 2.75) is 46.1 Å². The summed E-state index contributed by atoms with van der Waals surface area (Å²) in [5.41, 5.74) is 10.3. The number of hydrogen-bond acceptors (Lipinski definition) is 2. The summed E-state index contributed by atoms with van der Waals surface area (Å²) in [6, 6.07) is 6.97. The van der Waals surface area contributed by atoms with Crippen LogP contribution < -0.4 is 5.73 Å². The third-order valence-corrected chi connectivity index (χ3v) is 4.24. The van der Waals surface area contributed by atoms with Gasteiger partial charge in [0.2, 0.25) is 0 Å². The zero-order chi connectivity index (χ0) is 13.8. The Hall–Kier alpha value is -0.860. The molecular formula is C17H28N2. The molecule has 1 aliphatic carbocycles. The Kier molecular flexibility index (Phi) is 5.00. The average Bonchev–Trinajstić information content (AvgIpc) is 3.17. The Morgan fingerprint density at radius 3 is 2.37 bits per heavy atom. The number of hydrogen-bond donors (Lipinski definition) is 1. The lowest BCUT2D eigenvalue weighted by atomic mass is 9.94. The minimum absolute atomic E-state index is 0.391. The second-order valence-electron chi connectivity index (χ2n) is 6.00. The first-order valence-corrected chi connectivity index (χ1v) is 7.67. The lowest BCUT2D eigenvalue weighted by Gasteiger charge is -2.33. The molecule has 0 bridgehead atoms. The van der Waals surface area contributed by atoms with Crippen molar-refractivity contribution < 1.29 is 0 Å². The smallest absolute Gasteiger partial charge is 0.0475 e. The fourth-order valence-corrected chi connectivity index (χ4v) is 3.10. The molecule has 106 valence electrons. The van der Waals surface area contributed by atoms with Crippen LogP contribution in [0.25, 0.3) is 0 Å². The SMILES string of the molecule is CCCN(CC1CC1)C(CN)c1c(C)cccc1C. The summed E-state index contributed by atoms with van der Waals surface area (Å²) in [6.45, 7) is 9.80. The van der Waals surface area contributed by atoms with E-state index in [1.165, 1.54) is 42.5 Å². The van der Waals surface area contributed by atoms with Crippen LogP contribution in [-0.4, -0.2) is 24.5 Å². The van der Waals surface area contributed by atoms with Gasteiger partial charge in [-0.25, -0.2) is 0 Å². The lowest BCUT2D eigenvalue weighted by Crippen LogP contribution is -2.36. The number of nitrogens with two attached hydrogens (primary N) is 1. The molecule has 0 saturated heterocycles. The summed E-state index contributed by atoms with van der Waals surface area (Å²) in [6.07, 6.45) is 4.02. The van der Waals surface area contributed by atoms with Gasteiger partial charge in [0.1, 0.15) is 0 Å². The van der Waals surface area contributed by atoms with E-state index in [2.05, 4.69) is 43.9 Å². The van der Waals surface area contributed by atoms with E-state index < -0.39 is 0 Å². The molecule has 1 saturated carbocycles. The molecule has 1 aromatic rings. The highest BCUT2D eigenvalue weighted by molar-refractivity contribution is 5.36. The fraction of sp³-hybridized carbons (Fsp3) is 0.647.